The molecule has 5 N–H and O–H groups in total. The predicted molar refractivity (Wildman–Crippen MR) is 115 cm³/mol. The molecule has 0 aromatic heterocycles. The van der Waals surface area contributed by atoms with Crippen molar-refractivity contribution in [1.29, 1.82) is 0 Å². The third-order valence-electron chi connectivity index (χ3n) is 6.17. The number of ether oxygens (including phenoxy) is 1. The average Bonchev–Trinajstić information content (AvgIpc) is 3.35. The molecule has 0 spiro atoms. The molecule has 0 saturated carbocycles. The number of rotatable bonds is 8. The summed E-state index contributed by atoms with van der Waals surface area (Å²) in [7, 11) is 1.35. The zero-order valence-electron chi connectivity index (χ0n) is 20.0. The molecule has 2 fully saturated rings. The fraction of sp³-hybridized carbons (Fsp3) is 0.762. The number of nitrogens with one attached hydrogen (secondary N) is 3. The van der Waals surface area contributed by atoms with Gasteiger partial charge in [-0.2, -0.15) is 13.2 Å². The van der Waals surface area contributed by atoms with E-state index in [1.807, 2.05) is 0 Å². The van der Waals surface area contributed by atoms with E-state index in [1.165, 1.54) is 27.9 Å². The number of nitrogens with two attached hydrogens (primary N) is 1. The first kappa shape index (κ1) is 28.3. The van der Waals surface area contributed by atoms with E-state index < -0.39 is 65.4 Å². The number of hydrogen-bond donors (Lipinski definition) is 4. The Bertz CT molecular complexity index is 859. The molecule has 2 aliphatic rings. The second-order valence-corrected chi connectivity index (χ2v) is 9.85. The Morgan fingerprint density at radius 3 is 2.29 bits per heavy atom. The molecule has 2 heterocycles. The summed E-state index contributed by atoms with van der Waals surface area (Å²) in [4.78, 5) is 62.9. The lowest BCUT2D eigenvalue weighted by Crippen LogP contribution is -2.60. The molecule has 0 bridgehead atoms. The molecule has 11 nitrogen and oxygen atoms in total. The molecule has 0 aromatic rings. The molecule has 35 heavy (non-hydrogen) atoms. The van der Waals surface area contributed by atoms with Gasteiger partial charge in [-0.3, -0.25) is 24.0 Å². The first-order valence-corrected chi connectivity index (χ1v) is 11.1. The summed E-state index contributed by atoms with van der Waals surface area (Å²) in [6.45, 7) is 4.73. The number of amides is 5. The monoisotopic (exact) mass is 507 g/mol. The van der Waals surface area contributed by atoms with Crippen LogP contribution in [0.5, 0.6) is 0 Å². The molecular formula is C21H32F3N5O6. The molecule has 0 aromatic carbocycles. The number of carbonyl (C=O) groups excluding carboxylic acids is 5. The quantitative estimate of drug-likeness (QED) is 0.336. The number of alkyl halides is 3. The van der Waals surface area contributed by atoms with Gasteiger partial charge in [-0.25, -0.2) is 0 Å². The summed E-state index contributed by atoms with van der Waals surface area (Å²) in [5, 5.41) is 6.82. The van der Waals surface area contributed by atoms with Gasteiger partial charge in [0.1, 0.15) is 18.1 Å². The molecule has 2 aliphatic heterocycles. The standard InChI is InChI=1S/C21H32F3N5O6/c1-20(2,3)14(28-19(34)21(22,23)24)18(33)29-9-11(35-4)8-13(29)17(32)27-12(15(25)30)7-10-5-6-26-16(10)31/h10-14H,5-9H2,1-4H3,(H2,25,30)(H,26,31)(H,27,32)(H,28,34)/t10-,11-,12-,13-,14+/m0/s1. The van der Waals surface area contributed by atoms with Crippen LogP contribution in [0, 0.1) is 11.3 Å². The minimum absolute atomic E-state index is 0.00749. The number of likely N-dealkylation sites (tertiary alicyclic amines) is 1. The highest BCUT2D eigenvalue weighted by Crippen LogP contribution is 2.28. The van der Waals surface area contributed by atoms with Crippen LogP contribution in [0.1, 0.15) is 40.0 Å². The maximum atomic E-state index is 13.3. The normalized spacial score (nSPS) is 24.5. The van der Waals surface area contributed by atoms with Crippen LogP contribution >= 0.6 is 0 Å². The van der Waals surface area contributed by atoms with E-state index in [0.717, 1.165) is 4.90 Å². The van der Waals surface area contributed by atoms with Crippen LogP contribution in [0.15, 0.2) is 0 Å². The second kappa shape index (κ2) is 10.8. The van der Waals surface area contributed by atoms with Gasteiger partial charge in [0.25, 0.3) is 0 Å². The number of methoxy groups -OCH3 is 1. The van der Waals surface area contributed by atoms with E-state index in [2.05, 4.69) is 10.6 Å². The van der Waals surface area contributed by atoms with Gasteiger partial charge < -0.3 is 31.3 Å². The number of nitrogens with zero attached hydrogens (tertiary/aromatic N) is 1. The molecule has 0 radical (unpaired) electrons. The third kappa shape index (κ3) is 7.05. The highest BCUT2D eigenvalue weighted by atomic mass is 19.4. The van der Waals surface area contributed by atoms with Crippen LogP contribution in [0.4, 0.5) is 13.2 Å². The van der Waals surface area contributed by atoms with E-state index in [4.69, 9.17) is 10.5 Å². The predicted octanol–water partition coefficient (Wildman–Crippen LogP) is -0.808. The molecule has 2 saturated heterocycles. The minimum atomic E-state index is -5.21. The lowest BCUT2D eigenvalue weighted by molar-refractivity contribution is -0.176. The highest BCUT2D eigenvalue weighted by Gasteiger charge is 2.48. The van der Waals surface area contributed by atoms with Gasteiger partial charge in [0, 0.05) is 32.5 Å². The van der Waals surface area contributed by atoms with Crippen molar-refractivity contribution in [3.8, 4) is 0 Å². The summed E-state index contributed by atoms with van der Waals surface area (Å²) < 4.78 is 43.9. The van der Waals surface area contributed by atoms with Crippen LogP contribution < -0.4 is 21.7 Å². The number of halogens is 3. The van der Waals surface area contributed by atoms with Crippen LogP contribution in [-0.4, -0.2) is 85.0 Å². The van der Waals surface area contributed by atoms with Crippen molar-refractivity contribution < 1.29 is 41.9 Å². The molecule has 14 heteroatoms. The molecular weight excluding hydrogens is 475 g/mol. The van der Waals surface area contributed by atoms with Gasteiger partial charge in [-0.15, -0.1) is 0 Å². The molecule has 5 atom stereocenters. The second-order valence-electron chi connectivity index (χ2n) is 9.85. The molecule has 198 valence electrons. The summed E-state index contributed by atoms with van der Waals surface area (Å²) in [6.07, 6.45) is -5.38. The summed E-state index contributed by atoms with van der Waals surface area (Å²) in [5.74, 6) is -5.62. The Morgan fingerprint density at radius 2 is 1.83 bits per heavy atom. The van der Waals surface area contributed by atoms with Crippen molar-refractivity contribution >= 4 is 29.5 Å². The van der Waals surface area contributed by atoms with E-state index in [1.54, 1.807) is 5.32 Å². The first-order valence-electron chi connectivity index (χ1n) is 11.1. The zero-order valence-corrected chi connectivity index (χ0v) is 20.0. The van der Waals surface area contributed by atoms with Crippen molar-refractivity contribution in [3.63, 3.8) is 0 Å². The summed E-state index contributed by atoms with van der Waals surface area (Å²) >= 11 is 0. The van der Waals surface area contributed by atoms with Crippen LogP contribution in [0.2, 0.25) is 0 Å². The van der Waals surface area contributed by atoms with Gasteiger partial charge in [0.15, 0.2) is 0 Å². The topological polar surface area (TPSA) is 160 Å². The Morgan fingerprint density at radius 1 is 1.20 bits per heavy atom. The van der Waals surface area contributed by atoms with Crippen molar-refractivity contribution in [2.45, 2.75) is 70.4 Å². The van der Waals surface area contributed by atoms with E-state index in [0.29, 0.717) is 13.0 Å². The molecule has 5 amide bonds. The van der Waals surface area contributed by atoms with E-state index >= 15 is 0 Å². The van der Waals surface area contributed by atoms with Crippen molar-refractivity contribution in [3.05, 3.63) is 0 Å². The lowest BCUT2D eigenvalue weighted by Gasteiger charge is -2.35. The third-order valence-corrected chi connectivity index (χ3v) is 6.17. The molecule has 2 rings (SSSR count). The molecule has 0 unspecified atom stereocenters. The number of hydrogen-bond acceptors (Lipinski definition) is 6. The van der Waals surface area contributed by atoms with Crippen LogP contribution in [0.3, 0.4) is 0 Å². The Kier molecular flexibility index (Phi) is 8.74. The fourth-order valence-electron chi connectivity index (χ4n) is 4.16. The maximum Gasteiger partial charge on any atom is 0.471 e. The first-order chi connectivity index (χ1) is 16.1. The Hall–Kier alpha value is -2.90. The molecule has 0 aliphatic carbocycles. The smallest absolute Gasteiger partial charge is 0.380 e. The zero-order chi connectivity index (χ0) is 26.7. The van der Waals surface area contributed by atoms with Crippen LogP contribution in [0.25, 0.3) is 0 Å². The Labute approximate surface area is 200 Å². The van der Waals surface area contributed by atoms with Gasteiger partial charge >= 0.3 is 12.1 Å². The average molecular weight is 508 g/mol. The van der Waals surface area contributed by atoms with Gasteiger partial charge in [-0.05, 0) is 18.3 Å². The van der Waals surface area contributed by atoms with E-state index in [-0.39, 0.29) is 25.3 Å². The lowest BCUT2D eigenvalue weighted by atomic mass is 9.85. The van der Waals surface area contributed by atoms with Crippen molar-refractivity contribution in [2.75, 3.05) is 20.2 Å². The summed E-state index contributed by atoms with van der Waals surface area (Å²) in [6, 6.07) is -3.99. The van der Waals surface area contributed by atoms with Crippen molar-refractivity contribution in [2.24, 2.45) is 17.1 Å². The highest BCUT2D eigenvalue weighted by molar-refractivity contribution is 5.95. The SMILES string of the molecule is CO[C@H]1C[C@@H](C(=O)N[C@@H](C[C@@H]2CCNC2=O)C(N)=O)N(C(=O)[C@@H](NC(=O)C(F)(F)F)C(C)(C)C)C1. The minimum Gasteiger partial charge on any atom is -0.380 e. The largest absolute Gasteiger partial charge is 0.471 e. The fourth-order valence-corrected chi connectivity index (χ4v) is 4.16. The summed E-state index contributed by atoms with van der Waals surface area (Å²) in [5.41, 5.74) is 4.28. The number of primary amides is 1. The maximum absolute atomic E-state index is 13.3. The Balaban J connectivity index is 2.24. The van der Waals surface area contributed by atoms with Gasteiger partial charge in [0.05, 0.1) is 6.10 Å². The van der Waals surface area contributed by atoms with E-state index in [9.17, 15) is 37.1 Å². The number of carbonyl (C=O) groups is 5. The van der Waals surface area contributed by atoms with Crippen molar-refractivity contribution in [1.82, 2.24) is 20.9 Å². The van der Waals surface area contributed by atoms with Crippen LogP contribution in [-0.2, 0) is 28.7 Å². The van der Waals surface area contributed by atoms with Gasteiger partial charge in [0.2, 0.25) is 23.6 Å². The van der Waals surface area contributed by atoms with Gasteiger partial charge in [-0.1, -0.05) is 20.8 Å².